The van der Waals surface area contributed by atoms with Crippen molar-refractivity contribution in [1.82, 2.24) is 10.3 Å². The molecule has 3 aromatic rings. The summed E-state index contributed by atoms with van der Waals surface area (Å²) in [5.74, 6) is -0.736. The Morgan fingerprint density at radius 2 is 1.95 bits per heavy atom. The Kier molecular flexibility index (Phi) is 3.70. The highest BCUT2D eigenvalue weighted by atomic mass is 19.1. The topological polar surface area (TPSA) is 68.0 Å². The minimum Gasteiger partial charge on any atom is -0.398 e. The maximum Gasteiger partial charge on any atom is 0.270 e. The fourth-order valence-corrected chi connectivity index (χ4v) is 2.33. The van der Waals surface area contributed by atoms with Crippen molar-refractivity contribution in [2.24, 2.45) is 0 Å². The van der Waals surface area contributed by atoms with E-state index >= 15 is 0 Å². The fourth-order valence-electron chi connectivity index (χ4n) is 2.33. The molecule has 0 aliphatic carbocycles. The molecule has 0 aliphatic rings. The van der Waals surface area contributed by atoms with Gasteiger partial charge in [-0.15, -0.1) is 0 Å². The molecule has 0 bridgehead atoms. The molecule has 0 aliphatic heterocycles. The molecule has 110 valence electrons. The monoisotopic (exact) mass is 295 g/mol. The van der Waals surface area contributed by atoms with Crippen LogP contribution in [0.3, 0.4) is 0 Å². The summed E-state index contributed by atoms with van der Waals surface area (Å²) in [5, 5.41) is 4.12. The van der Waals surface area contributed by atoms with Crippen molar-refractivity contribution < 1.29 is 9.18 Å². The van der Waals surface area contributed by atoms with E-state index in [0.717, 1.165) is 5.39 Å². The van der Waals surface area contributed by atoms with Gasteiger partial charge in [-0.2, -0.15) is 0 Å². The van der Waals surface area contributed by atoms with Crippen LogP contribution >= 0.6 is 0 Å². The summed E-state index contributed by atoms with van der Waals surface area (Å²) < 4.78 is 13.6. The molecule has 0 atom stereocenters. The van der Waals surface area contributed by atoms with Gasteiger partial charge in [0.05, 0.1) is 0 Å². The molecule has 1 aromatic heterocycles. The fraction of sp³-hybridized carbons (Fsp3) is 0.0588. The molecule has 0 fully saturated rings. The Hall–Kier alpha value is -2.95. The smallest absolute Gasteiger partial charge is 0.270 e. The summed E-state index contributed by atoms with van der Waals surface area (Å²) in [7, 11) is 0. The molecule has 3 rings (SSSR count). The van der Waals surface area contributed by atoms with Crippen molar-refractivity contribution in [1.29, 1.82) is 0 Å². The number of amides is 1. The lowest BCUT2D eigenvalue weighted by atomic mass is 10.1. The van der Waals surface area contributed by atoms with Crippen LogP contribution in [0, 0.1) is 5.82 Å². The van der Waals surface area contributed by atoms with E-state index in [9.17, 15) is 9.18 Å². The van der Waals surface area contributed by atoms with Gasteiger partial charge < -0.3 is 11.1 Å². The lowest BCUT2D eigenvalue weighted by molar-refractivity contribution is 0.0947. The number of nitrogens with two attached hydrogens (primary N) is 1. The van der Waals surface area contributed by atoms with Crippen molar-refractivity contribution in [3.63, 3.8) is 0 Å². The van der Waals surface area contributed by atoms with Crippen LogP contribution in [-0.4, -0.2) is 10.9 Å². The van der Waals surface area contributed by atoms with E-state index in [-0.39, 0.29) is 24.0 Å². The number of nitrogens with one attached hydrogen (secondary N) is 1. The highest BCUT2D eigenvalue weighted by Gasteiger charge is 2.14. The first-order valence-electron chi connectivity index (χ1n) is 6.81. The molecule has 22 heavy (non-hydrogen) atoms. The quantitative estimate of drug-likeness (QED) is 0.730. The van der Waals surface area contributed by atoms with Crippen LogP contribution in [0.5, 0.6) is 0 Å². The summed E-state index contributed by atoms with van der Waals surface area (Å²) in [6, 6.07) is 13.5. The van der Waals surface area contributed by atoms with E-state index in [1.807, 2.05) is 12.1 Å². The third-order valence-corrected chi connectivity index (χ3v) is 3.44. The zero-order chi connectivity index (χ0) is 15.5. The van der Waals surface area contributed by atoms with E-state index in [0.29, 0.717) is 16.6 Å². The van der Waals surface area contributed by atoms with Gasteiger partial charge in [0.15, 0.2) is 0 Å². The van der Waals surface area contributed by atoms with Gasteiger partial charge in [0, 0.05) is 29.4 Å². The van der Waals surface area contributed by atoms with E-state index in [4.69, 9.17) is 5.73 Å². The van der Waals surface area contributed by atoms with Crippen molar-refractivity contribution in [3.05, 3.63) is 71.8 Å². The first kappa shape index (κ1) is 14.0. The highest BCUT2D eigenvalue weighted by molar-refractivity contribution is 6.09. The van der Waals surface area contributed by atoms with Crippen LogP contribution in [0.15, 0.2) is 54.7 Å². The maximum absolute atomic E-state index is 13.6. The Balaban J connectivity index is 1.89. The first-order valence-corrected chi connectivity index (χ1v) is 6.81. The van der Waals surface area contributed by atoms with Crippen molar-refractivity contribution in [2.45, 2.75) is 6.54 Å². The number of benzene rings is 2. The van der Waals surface area contributed by atoms with Crippen molar-refractivity contribution in [3.8, 4) is 0 Å². The van der Waals surface area contributed by atoms with E-state index in [1.54, 1.807) is 36.5 Å². The number of hydrogen-bond acceptors (Lipinski definition) is 3. The molecular weight excluding hydrogens is 281 g/mol. The maximum atomic E-state index is 13.6. The molecule has 4 nitrogen and oxygen atoms in total. The minimum absolute atomic E-state index is 0.0936. The third-order valence-electron chi connectivity index (χ3n) is 3.44. The predicted octanol–water partition coefficient (Wildman–Crippen LogP) is 2.89. The Labute approximate surface area is 126 Å². The number of halogens is 1. The number of rotatable bonds is 3. The largest absolute Gasteiger partial charge is 0.398 e. The second-order valence-electron chi connectivity index (χ2n) is 4.88. The molecule has 1 amide bonds. The zero-order valence-electron chi connectivity index (χ0n) is 11.7. The highest BCUT2D eigenvalue weighted by Crippen LogP contribution is 2.23. The molecule has 3 N–H and O–H groups in total. The van der Waals surface area contributed by atoms with E-state index in [1.165, 1.54) is 6.07 Å². The predicted molar refractivity (Wildman–Crippen MR) is 83.7 cm³/mol. The number of aromatic nitrogens is 1. The Bertz CT molecular complexity index is 843. The molecule has 1 heterocycles. The van der Waals surface area contributed by atoms with E-state index in [2.05, 4.69) is 10.3 Å². The number of fused-ring (bicyclic) bond motifs is 1. The van der Waals surface area contributed by atoms with Crippen LogP contribution in [-0.2, 0) is 6.54 Å². The number of anilines is 1. The lowest BCUT2D eigenvalue weighted by Crippen LogP contribution is -2.24. The number of nitrogen functional groups attached to an aromatic ring is 1. The van der Waals surface area contributed by atoms with Crippen LogP contribution in [0.1, 0.15) is 16.1 Å². The van der Waals surface area contributed by atoms with Gasteiger partial charge >= 0.3 is 0 Å². The molecule has 2 aromatic carbocycles. The number of nitrogens with zero attached hydrogens (tertiary/aromatic N) is 1. The second kappa shape index (κ2) is 5.81. The van der Waals surface area contributed by atoms with Crippen LogP contribution < -0.4 is 11.1 Å². The number of pyridine rings is 1. The summed E-state index contributed by atoms with van der Waals surface area (Å²) in [5.41, 5.74) is 7.10. The average molecular weight is 295 g/mol. The van der Waals surface area contributed by atoms with Crippen molar-refractivity contribution in [2.75, 3.05) is 5.73 Å². The lowest BCUT2D eigenvalue weighted by Gasteiger charge is -2.09. The molecule has 0 unspecified atom stereocenters. The van der Waals surface area contributed by atoms with E-state index < -0.39 is 0 Å². The van der Waals surface area contributed by atoms with Gasteiger partial charge in [-0.1, -0.05) is 30.3 Å². The standard InChI is InChI=1S/C17H14FN3O/c18-13-6-2-1-4-12(13)10-21-17(22)16-15-11(8-9-20-16)5-3-7-14(15)19/h1-9H,10,19H2,(H,21,22). The molecule has 0 spiro atoms. The molecule has 0 radical (unpaired) electrons. The summed E-state index contributed by atoms with van der Waals surface area (Å²) >= 11 is 0. The third kappa shape index (κ3) is 2.61. The van der Waals surface area contributed by atoms with Crippen LogP contribution in [0.25, 0.3) is 10.8 Å². The van der Waals surface area contributed by atoms with Crippen LogP contribution in [0.2, 0.25) is 0 Å². The molecule has 5 heteroatoms. The zero-order valence-corrected chi connectivity index (χ0v) is 11.7. The van der Waals surface area contributed by atoms with Gasteiger partial charge in [0.2, 0.25) is 0 Å². The van der Waals surface area contributed by atoms with Gasteiger partial charge in [0.1, 0.15) is 11.5 Å². The second-order valence-corrected chi connectivity index (χ2v) is 4.88. The summed E-state index contributed by atoms with van der Waals surface area (Å²) in [4.78, 5) is 16.5. The number of carbonyl (C=O) groups is 1. The molecule has 0 saturated heterocycles. The Morgan fingerprint density at radius 3 is 2.77 bits per heavy atom. The van der Waals surface area contributed by atoms with Gasteiger partial charge in [-0.3, -0.25) is 9.78 Å². The van der Waals surface area contributed by atoms with Crippen LogP contribution in [0.4, 0.5) is 10.1 Å². The van der Waals surface area contributed by atoms with Gasteiger partial charge in [-0.05, 0) is 23.6 Å². The summed E-state index contributed by atoms with van der Waals surface area (Å²) in [6.07, 6.45) is 1.56. The summed E-state index contributed by atoms with van der Waals surface area (Å²) in [6.45, 7) is 0.0936. The Morgan fingerprint density at radius 1 is 1.14 bits per heavy atom. The van der Waals surface area contributed by atoms with Crippen molar-refractivity contribution >= 4 is 22.4 Å². The normalized spacial score (nSPS) is 10.6. The van der Waals surface area contributed by atoms with Gasteiger partial charge in [0.25, 0.3) is 5.91 Å². The van der Waals surface area contributed by atoms with Gasteiger partial charge in [-0.25, -0.2) is 4.39 Å². The first-order chi connectivity index (χ1) is 10.7. The number of hydrogen-bond donors (Lipinski definition) is 2. The SMILES string of the molecule is Nc1cccc2ccnc(C(=O)NCc3ccccc3F)c12. The molecular formula is C17H14FN3O. The molecule has 0 saturated carbocycles. The average Bonchev–Trinajstić information content (AvgIpc) is 2.53. The number of carbonyl (C=O) groups excluding carboxylic acids is 1. The minimum atomic E-state index is -0.383.